The molecule has 0 spiro atoms. The number of halogens is 1. The van der Waals surface area contributed by atoms with Gasteiger partial charge in [0.2, 0.25) is 10.0 Å². The molecule has 84 valence electrons. The molecule has 2 rings (SSSR count). The summed E-state index contributed by atoms with van der Waals surface area (Å²) in [6.45, 7) is 0. The second-order valence-corrected chi connectivity index (χ2v) is 6.07. The van der Waals surface area contributed by atoms with Gasteiger partial charge >= 0.3 is 0 Å². The van der Waals surface area contributed by atoms with Crippen molar-refractivity contribution in [1.82, 2.24) is 4.98 Å². The fraction of sp³-hybridized carbons (Fsp3) is 0.100. The number of aromatic nitrogens is 1. The lowest BCUT2D eigenvalue weighted by Gasteiger charge is -2.04. The van der Waals surface area contributed by atoms with Gasteiger partial charge in [-0.1, -0.05) is 15.9 Å². The van der Waals surface area contributed by atoms with Gasteiger partial charge in [0.05, 0.1) is 11.8 Å². The van der Waals surface area contributed by atoms with Gasteiger partial charge < -0.3 is 0 Å². The normalized spacial score (nSPS) is 11.6. The van der Waals surface area contributed by atoms with Crippen LogP contribution >= 0.6 is 15.9 Å². The van der Waals surface area contributed by atoms with E-state index in [2.05, 4.69) is 25.6 Å². The van der Waals surface area contributed by atoms with E-state index < -0.39 is 10.0 Å². The van der Waals surface area contributed by atoms with Crippen LogP contribution in [0.2, 0.25) is 0 Å². The van der Waals surface area contributed by atoms with Gasteiger partial charge in [-0.3, -0.25) is 4.72 Å². The minimum Gasteiger partial charge on any atom is -0.268 e. The van der Waals surface area contributed by atoms with Crippen LogP contribution in [-0.4, -0.2) is 19.7 Å². The molecule has 1 aromatic heterocycles. The largest absolute Gasteiger partial charge is 0.268 e. The number of nitrogens with one attached hydrogen (secondary N) is 1. The summed E-state index contributed by atoms with van der Waals surface area (Å²) in [7, 11) is -3.28. The van der Waals surface area contributed by atoms with Crippen LogP contribution in [0.5, 0.6) is 0 Å². The summed E-state index contributed by atoms with van der Waals surface area (Å²) in [5.41, 5.74) is 0.747. The lowest BCUT2D eigenvalue weighted by molar-refractivity contribution is 0.606. The monoisotopic (exact) mass is 300 g/mol. The predicted molar refractivity (Wildman–Crippen MR) is 67.9 cm³/mol. The summed E-state index contributed by atoms with van der Waals surface area (Å²) in [6.07, 6.45) is 1.10. The first-order valence-corrected chi connectivity index (χ1v) is 7.17. The average Bonchev–Trinajstić information content (AvgIpc) is 2.16. The molecule has 0 aliphatic rings. The van der Waals surface area contributed by atoms with Crippen LogP contribution in [-0.2, 0) is 10.0 Å². The Bertz CT molecular complexity index is 640. The standard InChI is InChI=1S/C10H9BrN2O2S/c1-16(14,15)13-10-5-2-7-6-8(11)3-4-9(7)12-10/h2-6H,1H3,(H,12,13). The topological polar surface area (TPSA) is 59.1 Å². The predicted octanol–water partition coefficient (Wildman–Crippen LogP) is 2.37. The van der Waals surface area contributed by atoms with E-state index in [1.165, 1.54) is 0 Å². The molecule has 0 aliphatic heterocycles. The van der Waals surface area contributed by atoms with Gasteiger partial charge in [-0.25, -0.2) is 13.4 Å². The summed E-state index contributed by atoms with van der Waals surface area (Å²) < 4.78 is 25.4. The van der Waals surface area contributed by atoms with E-state index in [1.54, 1.807) is 6.07 Å². The number of sulfonamides is 1. The molecule has 0 unspecified atom stereocenters. The minimum atomic E-state index is -3.28. The zero-order chi connectivity index (χ0) is 11.8. The second-order valence-electron chi connectivity index (χ2n) is 3.41. The van der Waals surface area contributed by atoms with Gasteiger partial charge in [0.15, 0.2) is 0 Å². The number of fused-ring (bicyclic) bond motifs is 1. The highest BCUT2D eigenvalue weighted by atomic mass is 79.9. The third-order valence-electron chi connectivity index (χ3n) is 1.94. The molecule has 16 heavy (non-hydrogen) atoms. The van der Waals surface area contributed by atoms with E-state index in [1.807, 2.05) is 24.3 Å². The Morgan fingerprint density at radius 3 is 2.69 bits per heavy atom. The van der Waals surface area contributed by atoms with Crippen molar-refractivity contribution >= 4 is 42.7 Å². The van der Waals surface area contributed by atoms with Crippen LogP contribution in [0.15, 0.2) is 34.8 Å². The first-order chi connectivity index (χ1) is 7.44. The molecule has 1 aromatic carbocycles. The number of hydrogen-bond acceptors (Lipinski definition) is 3. The maximum atomic E-state index is 11.0. The average molecular weight is 301 g/mol. The van der Waals surface area contributed by atoms with Crippen LogP contribution in [0.25, 0.3) is 10.9 Å². The highest BCUT2D eigenvalue weighted by molar-refractivity contribution is 9.10. The lowest BCUT2D eigenvalue weighted by Crippen LogP contribution is -2.10. The fourth-order valence-corrected chi connectivity index (χ4v) is 2.22. The Morgan fingerprint density at radius 2 is 2.00 bits per heavy atom. The van der Waals surface area contributed by atoms with Crippen LogP contribution in [0.3, 0.4) is 0 Å². The molecule has 0 fully saturated rings. The number of rotatable bonds is 2. The molecule has 0 amide bonds. The fourth-order valence-electron chi connectivity index (χ4n) is 1.34. The van der Waals surface area contributed by atoms with Crippen molar-refractivity contribution < 1.29 is 8.42 Å². The zero-order valence-corrected chi connectivity index (χ0v) is 10.8. The summed E-state index contributed by atoms with van der Waals surface area (Å²) in [5, 5.41) is 0.952. The van der Waals surface area contributed by atoms with Crippen LogP contribution < -0.4 is 4.72 Å². The quantitative estimate of drug-likeness (QED) is 0.926. The minimum absolute atomic E-state index is 0.331. The summed E-state index contributed by atoms with van der Waals surface area (Å²) in [4.78, 5) is 4.19. The number of pyridine rings is 1. The Morgan fingerprint density at radius 1 is 1.25 bits per heavy atom. The van der Waals surface area contributed by atoms with Crippen molar-refractivity contribution in [1.29, 1.82) is 0 Å². The Kier molecular flexibility index (Phi) is 2.86. The highest BCUT2D eigenvalue weighted by Crippen LogP contribution is 2.20. The van der Waals surface area contributed by atoms with Crippen LogP contribution in [0, 0.1) is 0 Å². The molecule has 0 atom stereocenters. The number of nitrogens with zero attached hydrogens (tertiary/aromatic N) is 1. The van der Waals surface area contributed by atoms with E-state index in [-0.39, 0.29) is 0 Å². The molecule has 1 heterocycles. The van der Waals surface area contributed by atoms with Crippen molar-refractivity contribution in [3.8, 4) is 0 Å². The molecular weight excluding hydrogens is 292 g/mol. The van der Waals surface area contributed by atoms with Crippen molar-refractivity contribution in [2.75, 3.05) is 11.0 Å². The Balaban J connectivity index is 2.49. The van der Waals surface area contributed by atoms with E-state index in [4.69, 9.17) is 0 Å². The highest BCUT2D eigenvalue weighted by Gasteiger charge is 2.04. The lowest BCUT2D eigenvalue weighted by atomic mass is 10.2. The molecular formula is C10H9BrN2O2S. The van der Waals surface area contributed by atoms with E-state index in [0.29, 0.717) is 5.82 Å². The third kappa shape index (κ3) is 2.70. The SMILES string of the molecule is CS(=O)(=O)Nc1ccc2cc(Br)ccc2n1. The smallest absolute Gasteiger partial charge is 0.230 e. The Labute approximate surface area is 102 Å². The molecule has 0 saturated heterocycles. The van der Waals surface area contributed by atoms with Gasteiger partial charge in [0, 0.05) is 9.86 Å². The van der Waals surface area contributed by atoms with Gasteiger partial charge in [0.25, 0.3) is 0 Å². The first kappa shape index (κ1) is 11.3. The molecule has 0 aliphatic carbocycles. The molecule has 0 saturated carbocycles. The maximum Gasteiger partial charge on any atom is 0.230 e. The molecule has 6 heteroatoms. The second kappa shape index (κ2) is 4.03. The third-order valence-corrected chi connectivity index (χ3v) is 3.01. The van der Waals surface area contributed by atoms with E-state index in [9.17, 15) is 8.42 Å². The Hall–Kier alpha value is -1.14. The van der Waals surface area contributed by atoms with Crippen molar-refractivity contribution in [3.63, 3.8) is 0 Å². The van der Waals surface area contributed by atoms with Gasteiger partial charge in [-0.2, -0.15) is 0 Å². The number of anilines is 1. The van der Waals surface area contributed by atoms with Gasteiger partial charge in [-0.15, -0.1) is 0 Å². The molecule has 0 bridgehead atoms. The number of hydrogen-bond donors (Lipinski definition) is 1. The number of benzene rings is 1. The zero-order valence-electron chi connectivity index (χ0n) is 8.44. The van der Waals surface area contributed by atoms with Crippen LogP contribution in [0.4, 0.5) is 5.82 Å². The van der Waals surface area contributed by atoms with E-state index >= 15 is 0 Å². The van der Waals surface area contributed by atoms with E-state index in [0.717, 1.165) is 21.6 Å². The molecule has 2 aromatic rings. The van der Waals surface area contributed by atoms with Crippen molar-refractivity contribution in [2.45, 2.75) is 0 Å². The van der Waals surface area contributed by atoms with Crippen molar-refractivity contribution in [3.05, 3.63) is 34.8 Å². The van der Waals surface area contributed by atoms with Crippen molar-refractivity contribution in [2.24, 2.45) is 0 Å². The summed E-state index contributed by atoms with van der Waals surface area (Å²) >= 11 is 3.36. The molecule has 1 N–H and O–H groups in total. The first-order valence-electron chi connectivity index (χ1n) is 4.48. The maximum absolute atomic E-state index is 11.0. The molecule has 4 nitrogen and oxygen atoms in total. The van der Waals surface area contributed by atoms with Gasteiger partial charge in [-0.05, 0) is 30.3 Å². The molecule has 0 radical (unpaired) electrons. The summed E-state index contributed by atoms with van der Waals surface area (Å²) in [6, 6.07) is 9.06. The van der Waals surface area contributed by atoms with Gasteiger partial charge in [0.1, 0.15) is 5.82 Å². The summed E-state index contributed by atoms with van der Waals surface area (Å²) in [5.74, 6) is 0.331. The van der Waals surface area contributed by atoms with Crippen LogP contribution in [0.1, 0.15) is 0 Å².